The third kappa shape index (κ3) is 3.52. The summed E-state index contributed by atoms with van der Waals surface area (Å²) in [5.74, 6) is 1.23. The van der Waals surface area contributed by atoms with Crippen molar-refractivity contribution >= 4 is 23.8 Å². The number of thioether (sulfide) groups is 1. The van der Waals surface area contributed by atoms with Crippen molar-refractivity contribution in [3.05, 3.63) is 0 Å². The van der Waals surface area contributed by atoms with E-state index in [0.29, 0.717) is 26.2 Å². The van der Waals surface area contributed by atoms with Gasteiger partial charge in [-0.25, -0.2) is 4.79 Å². The first-order valence-electron chi connectivity index (χ1n) is 6.22. The van der Waals surface area contributed by atoms with Crippen LogP contribution in [0.5, 0.6) is 0 Å². The minimum atomic E-state index is -0.803. The second-order valence-electron chi connectivity index (χ2n) is 4.54. The normalized spacial score (nSPS) is 22.0. The molecule has 2 aliphatic heterocycles. The Labute approximate surface area is 111 Å². The second kappa shape index (κ2) is 6.29. The molecule has 0 saturated carbocycles. The summed E-state index contributed by atoms with van der Waals surface area (Å²) in [5, 5.41) is 8.71. The third-order valence-corrected chi connectivity index (χ3v) is 4.23. The number of aliphatic carboxylic acids is 1. The standard InChI is InChI=1S/C11H19N3O3S/c15-10(16)9-12-1-3-13(4-2-12)11(17)14-5-7-18-8-6-14/h1-9H2,(H,15,16). The minimum absolute atomic E-state index is 0.0718. The summed E-state index contributed by atoms with van der Waals surface area (Å²) in [5.41, 5.74) is 0. The van der Waals surface area contributed by atoms with Crippen LogP contribution in [0.4, 0.5) is 4.79 Å². The highest BCUT2D eigenvalue weighted by molar-refractivity contribution is 7.99. The predicted octanol–water partition coefficient (Wildman–Crippen LogP) is -0.143. The molecule has 102 valence electrons. The van der Waals surface area contributed by atoms with Gasteiger partial charge in [0, 0.05) is 50.8 Å². The van der Waals surface area contributed by atoms with E-state index in [0.717, 1.165) is 24.6 Å². The predicted molar refractivity (Wildman–Crippen MR) is 69.9 cm³/mol. The van der Waals surface area contributed by atoms with Crippen molar-refractivity contribution in [2.24, 2.45) is 0 Å². The van der Waals surface area contributed by atoms with Crippen LogP contribution in [0.2, 0.25) is 0 Å². The summed E-state index contributed by atoms with van der Waals surface area (Å²) in [6, 6.07) is 0.116. The van der Waals surface area contributed by atoms with Gasteiger partial charge in [-0.2, -0.15) is 11.8 Å². The van der Waals surface area contributed by atoms with Crippen molar-refractivity contribution in [1.29, 1.82) is 0 Å². The molecule has 0 aromatic carbocycles. The van der Waals surface area contributed by atoms with Gasteiger partial charge < -0.3 is 14.9 Å². The molecule has 2 fully saturated rings. The van der Waals surface area contributed by atoms with Gasteiger partial charge in [-0.15, -0.1) is 0 Å². The van der Waals surface area contributed by atoms with E-state index in [1.807, 2.05) is 26.5 Å². The molecule has 0 bridgehead atoms. The zero-order valence-electron chi connectivity index (χ0n) is 10.4. The molecule has 0 unspecified atom stereocenters. The number of carbonyl (C=O) groups is 2. The summed E-state index contributed by atoms with van der Waals surface area (Å²) in [4.78, 5) is 28.4. The van der Waals surface area contributed by atoms with E-state index in [-0.39, 0.29) is 12.6 Å². The Morgan fingerprint density at radius 1 is 0.944 bits per heavy atom. The highest BCUT2D eigenvalue weighted by Crippen LogP contribution is 2.12. The fraction of sp³-hybridized carbons (Fsp3) is 0.818. The Hall–Kier alpha value is -0.950. The molecule has 0 aliphatic carbocycles. The molecule has 7 heteroatoms. The highest BCUT2D eigenvalue weighted by atomic mass is 32.2. The van der Waals surface area contributed by atoms with Crippen LogP contribution in [0.25, 0.3) is 0 Å². The molecular formula is C11H19N3O3S. The van der Waals surface area contributed by atoms with Crippen molar-refractivity contribution in [2.75, 3.05) is 57.3 Å². The number of carboxylic acids is 1. The monoisotopic (exact) mass is 273 g/mol. The number of hydrogen-bond acceptors (Lipinski definition) is 4. The van der Waals surface area contributed by atoms with Gasteiger partial charge in [-0.3, -0.25) is 9.69 Å². The lowest BCUT2D eigenvalue weighted by atomic mass is 10.3. The lowest BCUT2D eigenvalue weighted by Crippen LogP contribution is -2.54. The number of rotatable bonds is 2. The maximum atomic E-state index is 12.2. The van der Waals surface area contributed by atoms with Crippen molar-refractivity contribution in [2.45, 2.75) is 0 Å². The summed E-state index contributed by atoms with van der Waals surface area (Å²) in [6.45, 7) is 4.31. The van der Waals surface area contributed by atoms with Crippen LogP contribution in [-0.4, -0.2) is 89.1 Å². The number of amides is 2. The van der Waals surface area contributed by atoms with E-state index < -0.39 is 5.97 Å². The maximum Gasteiger partial charge on any atom is 0.320 e. The van der Waals surface area contributed by atoms with Crippen molar-refractivity contribution in [3.8, 4) is 0 Å². The molecule has 2 saturated heterocycles. The quantitative estimate of drug-likeness (QED) is 0.758. The minimum Gasteiger partial charge on any atom is -0.480 e. The van der Waals surface area contributed by atoms with Crippen LogP contribution >= 0.6 is 11.8 Å². The molecule has 2 rings (SSSR count). The maximum absolute atomic E-state index is 12.2. The Morgan fingerprint density at radius 3 is 2.06 bits per heavy atom. The molecule has 0 spiro atoms. The SMILES string of the molecule is O=C(O)CN1CCN(C(=O)N2CCSCC2)CC1. The Balaban J connectivity index is 1.78. The Kier molecular flexibility index (Phi) is 4.71. The van der Waals surface area contributed by atoms with Crippen LogP contribution in [0.1, 0.15) is 0 Å². The zero-order valence-corrected chi connectivity index (χ0v) is 11.2. The highest BCUT2D eigenvalue weighted by Gasteiger charge is 2.26. The van der Waals surface area contributed by atoms with Gasteiger partial charge in [0.05, 0.1) is 6.54 Å². The number of carboxylic acid groups (broad SMARTS) is 1. The van der Waals surface area contributed by atoms with E-state index in [1.54, 1.807) is 0 Å². The summed E-state index contributed by atoms with van der Waals surface area (Å²) in [7, 11) is 0. The first-order chi connectivity index (χ1) is 8.66. The fourth-order valence-electron chi connectivity index (χ4n) is 2.24. The van der Waals surface area contributed by atoms with Crippen LogP contribution in [0, 0.1) is 0 Å². The van der Waals surface area contributed by atoms with Gasteiger partial charge in [0.2, 0.25) is 0 Å². The second-order valence-corrected chi connectivity index (χ2v) is 5.76. The first kappa shape index (κ1) is 13.5. The van der Waals surface area contributed by atoms with Gasteiger partial charge in [0.15, 0.2) is 0 Å². The van der Waals surface area contributed by atoms with Gasteiger partial charge in [-0.1, -0.05) is 0 Å². The Bertz CT molecular complexity index is 313. The molecule has 18 heavy (non-hydrogen) atoms. The van der Waals surface area contributed by atoms with E-state index in [9.17, 15) is 9.59 Å². The topological polar surface area (TPSA) is 64.1 Å². The summed E-state index contributed by atoms with van der Waals surface area (Å²) < 4.78 is 0. The summed E-state index contributed by atoms with van der Waals surface area (Å²) in [6.07, 6.45) is 0. The number of piperazine rings is 1. The molecular weight excluding hydrogens is 254 g/mol. The molecule has 0 aromatic heterocycles. The number of carbonyl (C=O) groups excluding carboxylic acids is 1. The molecule has 0 radical (unpaired) electrons. The lowest BCUT2D eigenvalue weighted by molar-refractivity contribution is -0.138. The van der Waals surface area contributed by atoms with E-state index >= 15 is 0 Å². The molecule has 2 heterocycles. The molecule has 2 aliphatic rings. The van der Waals surface area contributed by atoms with Crippen molar-refractivity contribution in [1.82, 2.24) is 14.7 Å². The first-order valence-corrected chi connectivity index (χ1v) is 7.38. The van der Waals surface area contributed by atoms with Crippen LogP contribution in [0.15, 0.2) is 0 Å². The molecule has 0 aromatic rings. The van der Waals surface area contributed by atoms with Crippen LogP contribution in [0.3, 0.4) is 0 Å². The van der Waals surface area contributed by atoms with Gasteiger partial charge in [0.25, 0.3) is 0 Å². The number of urea groups is 1. The Morgan fingerprint density at radius 2 is 1.50 bits per heavy atom. The zero-order chi connectivity index (χ0) is 13.0. The van der Waals surface area contributed by atoms with Gasteiger partial charge in [0.1, 0.15) is 0 Å². The third-order valence-electron chi connectivity index (χ3n) is 3.28. The van der Waals surface area contributed by atoms with E-state index in [4.69, 9.17) is 5.11 Å². The van der Waals surface area contributed by atoms with E-state index in [1.165, 1.54) is 0 Å². The smallest absolute Gasteiger partial charge is 0.320 e. The van der Waals surface area contributed by atoms with Crippen LogP contribution < -0.4 is 0 Å². The van der Waals surface area contributed by atoms with Crippen molar-refractivity contribution in [3.63, 3.8) is 0 Å². The van der Waals surface area contributed by atoms with Gasteiger partial charge >= 0.3 is 12.0 Å². The van der Waals surface area contributed by atoms with Gasteiger partial charge in [-0.05, 0) is 0 Å². The summed E-state index contributed by atoms with van der Waals surface area (Å²) >= 11 is 1.88. The average molecular weight is 273 g/mol. The van der Waals surface area contributed by atoms with Crippen molar-refractivity contribution < 1.29 is 14.7 Å². The van der Waals surface area contributed by atoms with Crippen LogP contribution in [-0.2, 0) is 4.79 Å². The average Bonchev–Trinajstić information content (AvgIpc) is 2.39. The molecule has 6 nitrogen and oxygen atoms in total. The van der Waals surface area contributed by atoms with E-state index in [2.05, 4.69) is 0 Å². The molecule has 0 atom stereocenters. The lowest BCUT2D eigenvalue weighted by Gasteiger charge is -2.38. The number of nitrogens with zero attached hydrogens (tertiary/aromatic N) is 3. The number of hydrogen-bond donors (Lipinski definition) is 1. The molecule has 2 amide bonds. The molecule has 1 N–H and O–H groups in total. The fourth-order valence-corrected chi connectivity index (χ4v) is 3.15. The largest absolute Gasteiger partial charge is 0.480 e.